The summed E-state index contributed by atoms with van der Waals surface area (Å²) < 4.78 is 6.52. The van der Waals surface area contributed by atoms with Crippen LogP contribution in [0.1, 0.15) is 24.4 Å². The van der Waals surface area contributed by atoms with Crippen molar-refractivity contribution in [3.63, 3.8) is 0 Å². The first kappa shape index (κ1) is 19.7. The Hall–Kier alpha value is -2.58. The van der Waals surface area contributed by atoms with Gasteiger partial charge in [0.1, 0.15) is 5.75 Å². The van der Waals surface area contributed by atoms with E-state index in [1.165, 1.54) is 5.56 Å². The number of aromatic nitrogens is 2. The van der Waals surface area contributed by atoms with E-state index in [0.29, 0.717) is 23.4 Å². The minimum atomic E-state index is -0.123. The van der Waals surface area contributed by atoms with Gasteiger partial charge in [-0.15, -0.1) is 0 Å². The lowest BCUT2D eigenvalue weighted by Gasteiger charge is -2.29. The number of halogens is 1. The molecule has 1 unspecified atom stereocenters. The number of ether oxygens (including phenoxy) is 1. The number of H-pyrrole nitrogens is 1. The summed E-state index contributed by atoms with van der Waals surface area (Å²) in [7, 11) is 1.69. The Morgan fingerprint density at radius 3 is 3.00 bits per heavy atom. The fraction of sp³-hybridized carbons (Fsp3) is 0.333. The molecule has 152 valence electrons. The third kappa shape index (κ3) is 4.38. The monoisotopic (exact) mass is 457 g/mol. The molecule has 1 aliphatic heterocycles. The standard InChI is InChI=1S/C21H24BrN5O2/c1-29-18-12-13(22)11-15-16(7-10-24-19(15)18)23-8-4-9-25-21-26-17-6-3-2-5-14(17)20(28)27-21/h2-3,5-6,11-12,16,23-24H,4,7-10H2,1H3,(H2,25,26,27,28). The molecule has 29 heavy (non-hydrogen) atoms. The van der Waals surface area contributed by atoms with Crippen molar-refractivity contribution in [2.75, 3.05) is 37.4 Å². The van der Waals surface area contributed by atoms with Gasteiger partial charge in [-0.1, -0.05) is 28.1 Å². The number of nitrogens with one attached hydrogen (secondary N) is 4. The number of aromatic amines is 1. The molecule has 2 heterocycles. The molecular weight excluding hydrogens is 434 g/mol. The molecule has 0 radical (unpaired) electrons. The van der Waals surface area contributed by atoms with Crippen molar-refractivity contribution >= 4 is 38.5 Å². The van der Waals surface area contributed by atoms with Crippen LogP contribution < -0.4 is 26.2 Å². The van der Waals surface area contributed by atoms with Crippen LogP contribution in [0.25, 0.3) is 10.9 Å². The molecule has 0 saturated carbocycles. The number of benzene rings is 2. The maximum atomic E-state index is 12.1. The van der Waals surface area contributed by atoms with Gasteiger partial charge in [-0.2, -0.15) is 0 Å². The number of fused-ring (bicyclic) bond motifs is 2. The van der Waals surface area contributed by atoms with Crippen LogP contribution in [0.3, 0.4) is 0 Å². The summed E-state index contributed by atoms with van der Waals surface area (Å²) in [6, 6.07) is 11.7. The smallest absolute Gasteiger partial charge is 0.260 e. The largest absolute Gasteiger partial charge is 0.495 e. The van der Waals surface area contributed by atoms with Gasteiger partial charge < -0.3 is 20.7 Å². The molecule has 0 aliphatic carbocycles. The number of rotatable bonds is 7. The normalized spacial score (nSPS) is 15.6. The zero-order valence-electron chi connectivity index (χ0n) is 16.2. The molecule has 3 aromatic rings. The molecule has 1 atom stereocenters. The van der Waals surface area contributed by atoms with E-state index in [2.05, 4.69) is 47.9 Å². The predicted molar refractivity (Wildman–Crippen MR) is 120 cm³/mol. The summed E-state index contributed by atoms with van der Waals surface area (Å²) in [6.07, 6.45) is 1.92. The van der Waals surface area contributed by atoms with Crippen molar-refractivity contribution in [2.24, 2.45) is 0 Å². The topological polar surface area (TPSA) is 91.1 Å². The number of methoxy groups -OCH3 is 1. The highest BCUT2D eigenvalue weighted by Crippen LogP contribution is 2.39. The highest BCUT2D eigenvalue weighted by Gasteiger charge is 2.23. The van der Waals surface area contributed by atoms with Crippen molar-refractivity contribution in [2.45, 2.75) is 18.9 Å². The van der Waals surface area contributed by atoms with Crippen LogP contribution in [0.5, 0.6) is 5.75 Å². The molecule has 0 saturated heterocycles. The minimum Gasteiger partial charge on any atom is -0.495 e. The second-order valence-corrected chi connectivity index (χ2v) is 7.92. The van der Waals surface area contributed by atoms with Gasteiger partial charge in [0.05, 0.1) is 23.7 Å². The van der Waals surface area contributed by atoms with Crippen molar-refractivity contribution in [3.8, 4) is 5.75 Å². The molecule has 0 bridgehead atoms. The van der Waals surface area contributed by atoms with Crippen LogP contribution in [-0.2, 0) is 0 Å². The van der Waals surface area contributed by atoms with E-state index in [1.807, 2.05) is 24.3 Å². The first-order valence-electron chi connectivity index (χ1n) is 9.73. The molecule has 0 fully saturated rings. The van der Waals surface area contributed by atoms with Crippen LogP contribution in [0.15, 0.2) is 45.7 Å². The molecule has 2 aromatic carbocycles. The number of nitrogens with zero attached hydrogens (tertiary/aromatic N) is 1. The van der Waals surface area contributed by atoms with Gasteiger partial charge in [-0.3, -0.25) is 9.78 Å². The van der Waals surface area contributed by atoms with E-state index >= 15 is 0 Å². The highest BCUT2D eigenvalue weighted by molar-refractivity contribution is 9.10. The predicted octanol–water partition coefficient (Wildman–Crippen LogP) is 3.64. The molecule has 8 heteroatoms. The average molecular weight is 458 g/mol. The Bertz CT molecular complexity index is 1070. The van der Waals surface area contributed by atoms with Crippen LogP contribution in [0, 0.1) is 0 Å². The molecule has 0 amide bonds. The molecule has 1 aromatic heterocycles. The summed E-state index contributed by atoms with van der Waals surface area (Å²) >= 11 is 3.57. The number of para-hydroxylation sites is 1. The first-order chi connectivity index (χ1) is 14.2. The van der Waals surface area contributed by atoms with E-state index in [1.54, 1.807) is 13.2 Å². The first-order valence-corrected chi connectivity index (χ1v) is 10.5. The Kier molecular flexibility index (Phi) is 6.01. The second kappa shape index (κ2) is 8.84. The van der Waals surface area contributed by atoms with E-state index in [-0.39, 0.29) is 11.6 Å². The van der Waals surface area contributed by atoms with E-state index in [9.17, 15) is 4.79 Å². The fourth-order valence-corrected chi connectivity index (χ4v) is 4.13. The van der Waals surface area contributed by atoms with Gasteiger partial charge in [-0.25, -0.2) is 4.98 Å². The van der Waals surface area contributed by atoms with Crippen molar-refractivity contribution < 1.29 is 4.74 Å². The van der Waals surface area contributed by atoms with Crippen LogP contribution in [0.2, 0.25) is 0 Å². The molecular formula is C21H24BrN5O2. The quantitative estimate of drug-likeness (QED) is 0.404. The SMILES string of the molecule is COc1cc(Br)cc2c1NCCC2NCCCNc1nc2ccccc2c(=O)[nH]1. The number of anilines is 2. The van der Waals surface area contributed by atoms with Crippen LogP contribution in [-0.4, -0.2) is 36.7 Å². The summed E-state index contributed by atoms with van der Waals surface area (Å²) in [5.74, 6) is 1.36. The van der Waals surface area contributed by atoms with Crippen molar-refractivity contribution in [1.82, 2.24) is 15.3 Å². The molecule has 1 aliphatic rings. The number of hydrogen-bond donors (Lipinski definition) is 4. The Morgan fingerprint density at radius 2 is 2.14 bits per heavy atom. The van der Waals surface area contributed by atoms with Crippen LogP contribution in [0.4, 0.5) is 11.6 Å². The van der Waals surface area contributed by atoms with E-state index < -0.39 is 0 Å². The van der Waals surface area contributed by atoms with Gasteiger partial charge >= 0.3 is 0 Å². The highest BCUT2D eigenvalue weighted by atomic mass is 79.9. The Morgan fingerprint density at radius 1 is 1.28 bits per heavy atom. The third-order valence-electron chi connectivity index (χ3n) is 5.08. The Labute approximate surface area is 177 Å². The lowest BCUT2D eigenvalue weighted by molar-refractivity contribution is 0.411. The van der Waals surface area contributed by atoms with E-state index in [0.717, 1.165) is 41.8 Å². The van der Waals surface area contributed by atoms with Gasteiger partial charge in [0.2, 0.25) is 5.95 Å². The van der Waals surface area contributed by atoms with Gasteiger partial charge in [-0.05, 0) is 49.2 Å². The zero-order chi connectivity index (χ0) is 20.2. The lowest BCUT2D eigenvalue weighted by atomic mass is 9.97. The second-order valence-electron chi connectivity index (χ2n) is 7.01. The number of hydrogen-bond acceptors (Lipinski definition) is 6. The fourth-order valence-electron chi connectivity index (χ4n) is 3.68. The molecule has 4 N–H and O–H groups in total. The summed E-state index contributed by atoms with van der Waals surface area (Å²) in [4.78, 5) is 19.4. The molecule has 4 rings (SSSR count). The molecule has 0 spiro atoms. The van der Waals surface area contributed by atoms with Crippen LogP contribution >= 0.6 is 15.9 Å². The van der Waals surface area contributed by atoms with Gasteiger partial charge in [0, 0.05) is 23.6 Å². The molecule has 7 nitrogen and oxygen atoms in total. The van der Waals surface area contributed by atoms with Crippen molar-refractivity contribution in [1.29, 1.82) is 0 Å². The van der Waals surface area contributed by atoms with E-state index in [4.69, 9.17) is 4.74 Å². The third-order valence-corrected chi connectivity index (χ3v) is 5.54. The average Bonchev–Trinajstić information content (AvgIpc) is 2.73. The lowest BCUT2D eigenvalue weighted by Crippen LogP contribution is -2.30. The van der Waals surface area contributed by atoms with Gasteiger partial charge in [0.15, 0.2) is 0 Å². The van der Waals surface area contributed by atoms with Gasteiger partial charge in [0.25, 0.3) is 5.56 Å². The summed E-state index contributed by atoms with van der Waals surface area (Å²) in [6.45, 7) is 2.47. The minimum absolute atomic E-state index is 0.123. The maximum Gasteiger partial charge on any atom is 0.260 e. The Balaban J connectivity index is 1.33. The summed E-state index contributed by atoms with van der Waals surface area (Å²) in [5, 5.41) is 10.9. The summed E-state index contributed by atoms with van der Waals surface area (Å²) in [5.41, 5.74) is 2.86. The maximum absolute atomic E-state index is 12.1. The zero-order valence-corrected chi connectivity index (χ0v) is 17.8. The van der Waals surface area contributed by atoms with Crippen molar-refractivity contribution in [3.05, 3.63) is 56.8 Å².